The first-order valence-electron chi connectivity index (χ1n) is 13.4. The first-order chi connectivity index (χ1) is 19.9. The quantitative estimate of drug-likeness (QED) is 0.234. The molecule has 5 aromatic carbocycles. The van der Waals surface area contributed by atoms with Crippen LogP contribution in [0.1, 0.15) is 0 Å². The molecule has 186 valence electrons. The number of para-hydroxylation sites is 4. The smallest absolute Gasteiger partial charge is 0.138 e. The molecule has 9 aromatic rings. The number of benzene rings is 5. The van der Waals surface area contributed by atoms with E-state index >= 15 is 0 Å². The Hall–Kier alpha value is -5.55. The van der Waals surface area contributed by atoms with Gasteiger partial charge in [0.25, 0.3) is 0 Å². The number of nitrogens with zero attached hydrogens (tertiary/aromatic N) is 5. The molecule has 0 unspecified atom stereocenters. The predicted octanol–water partition coefficient (Wildman–Crippen LogP) is 8.37. The molecule has 0 spiro atoms. The van der Waals surface area contributed by atoms with Crippen LogP contribution in [-0.2, 0) is 0 Å². The number of fused-ring (bicyclic) bond motifs is 11. The number of rotatable bonds is 2. The fraction of sp³-hybridized carbons (Fsp3) is 0. The van der Waals surface area contributed by atoms with Crippen molar-refractivity contribution in [3.8, 4) is 11.5 Å². The van der Waals surface area contributed by atoms with Gasteiger partial charge in [0.2, 0.25) is 0 Å². The van der Waals surface area contributed by atoms with Crippen LogP contribution >= 0.6 is 0 Å². The van der Waals surface area contributed by atoms with Crippen LogP contribution in [0.15, 0.2) is 128 Å². The van der Waals surface area contributed by atoms with Crippen molar-refractivity contribution in [2.75, 3.05) is 0 Å². The molecule has 0 bridgehead atoms. The van der Waals surface area contributed by atoms with E-state index in [1.807, 2.05) is 6.07 Å². The first kappa shape index (κ1) is 21.4. The zero-order valence-corrected chi connectivity index (χ0v) is 21.4. The topological polar surface area (TPSA) is 48.5 Å². The molecule has 0 aliphatic heterocycles. The zero-order chi connectivity index (χ0) is 26.2. The highest BCUT2D eigenvalue weighted by Gasteiger charge is 2.25. The monoisotopic (exact) mass is 511 g/mol. The molecule has 5 heteroatoms. The second kappa shape index (κ2) is 7.98. The van der Waals surface area contributed by atoms with E-state index in [0.29, 0.717) is 0 Å². The third-order valence-corrected chi connectivity index (χ3v) is 7.97. The van der Waals surface area contributed by atoms with Crippen molar-refractivity contribution < 1.29 is 0 Å². The average molecular weight is 512 g/mol. The standard InChI is InChI=1S/C35H21N5/c1-2-11-23(12-3-1)39-27-16-8-5-13-24(27)30-32-33(37-21-20-36-32)31-25-14-6-9-17-28(25)40(35(31)34(30)39)29-19-18-22-10-4-7-15-26(22)38-29/h1-21H. The lowest BCUT2D eigenvalue weighted by molar-refractivity contribution is 1.09. The van der Waals surface area contributed by atoms with Crippen molar-refractivity contribution in [3.63, 3.8) is 0 Å². The lowest BCUT2D eigenvalue weighted by Gasteiger charge is -2.13. The molecule has 0 aliphatic rings. The Labute approximate surface area is 228 Å². The largest absolute Gasteiger partial charge is 0.307 e. The second-order valence-electron chi connectivity index (χ2n) is 10.1. The van der Waals surface area contributed by atoms with Crippen LogP contribution < -0.4 is 0 Å². The molecule has 4 heterocycles. The summed E-state index contributed by atoms with van der Waals surface area (Å²) in [4.78, 5) is 15.1. The van der Waals surface area contributed by atoms with Gasteiger partial charge in [-0.05, 0) is 42.5 Å². The van der Waals surface area contributed by atoms with Gasteiger partial charge in [0, 0.05) is 45.0 Å². The molecule has 40 heavy (non-hydrogen) atoms. The predicted molar refractivity (Wildman–Crippen MR) is 164 cm³/mol. The summed E-state index contributed by atoms with van der Waals surface area (Å²) < 4.78 is 4.68. The first-order valence-corrected chi connectivity index (χ1v) is 13.4. The van der Waals surface area contributed by atoms with Crippen molar-refractivity contribution in [1.82, 2.24) is 24.1 Å². The van der Waals surface area contributed by atoms with Gasteiger partial charge in [-0.1, -0.05) is 72.8 Å². The Morgan fingerprint density at radius 2 is 1.05 bits per heavy atom. The summed E-state index contributed by atoms with van der Waals surface area (Å²) in [6.45, 7) is 0. The number of hydrogen-bond donors (Lipinski definition) is 0. The van der Waals surface area contributed by atoms with Crippen molar-refractivity contribution in [2.24, 2.45) is 0 Å². The highest BCUT2D eigenvalue weighted by Crippen LogP contribution is 2.45. The highest BCUT2D eigenvalue weighted by atomic mass is 15.1. The fourth-order valence-corrected chi connectivity index (χ4v) is 6.37. The lowest BCUT2D eigenvalue weighted by Crippen LogP contribution is -2.01. The van der Waals surface area contributed by atoms with E-state index in [2.05, 4.69) is 118 Å². The molecule has 0 saturated carbocycles. The summed E-state index contributed by atoms with van der Waals surface area (Å²) >= 11 is 0. The number of hydrogen-bond acceptors (Lipinski definition) is 3. The number of pyridine rings is 1. The van der Waals surface area contributed by atoms with Crippen LogP contribution in [0.25, 0.3) is 77.1 Å². The summed E-state index contributed by atoms with van der Waals surface area (Å²) in [6.07, 6.45) is 3.59. The second-order valence-corrected chi connectivity index (χ2v) is 10.1. The molecule has 0 aliphatic carbocycles. The molecule has 4 aromatic heterocycles. The van der Waals surface area contributed by atoms with Gasteiger partial charge in [-0.15, -0.1) is 0 Å². The summed E-state index contributed by atoms with van der Waals surface area (Å²) in [6, 6.07) is 40.3. The molecule has 0 amide bonds. The van der Waals surface area contributed by atoms with Crippen molar-refractivity contribution >= 4 is 65.5 Å². The Kier molecular flexibility index (Phi) is 4.27. The molecule has 0 N–H and O–H groups in total. The summed E-state index contributed by atoms with van der Waals surface area (Å²) in [5.41, 5.74) is 8.26. The molecular weight excluding hydrogens is 490 g/mol. The van der Waals surface area contributed by atoms with Crippen molar-refractivity contribution in [2.45, 2.75) is 0 Å². The van der Waals surface area contributed by atoms with Gasteiger partial charge in [-0.3, -0.25) is 14.5 Å². The summed E-state index contributed by atoms with van der Waals surface area (Å²) in [5.74, 6) is 0.874. The van der Waals surface area contributed by atoms with E-state index in [1.54, 1.807) is 12.4 Å². The van der Waals surface area contributed by atoms with Gasteiger partial charge >= 0.3 is 0 Å². The van der Waals surface area contributed by atoms with E-state index in [-0.39, 0.29) is 0 Å². The van der Waals surface area contributed by atoms with Gasteiger partial charge < -0.3 is 4.57 Å². The van der Waals surface area contributed by atoms with Gasteiger partial charge in [0.15, 0.2) is 0 Å². The Morgan fingerprint density at radius 3 is 1.77 bits per heavy atom. The van der Waals surface area contributed by atoms with E-state index in [1.165, 1.54) is 0 Å². The molecule has 0 radical (unpaired) electrons. The Bertz CT molecular complexity index is 2430. The summed E-state index contributed by atoms with van der Waals surface area (Å²) in [5, 5.41) is 5.58. The van der Waals surface area contributed by atoms with Crippen LogP contribution in [0, 0.1) is 0 Å². The molecule has 0 fully saturated rings. The SMILES string of the molecule is c1ccc(-n2c3ccccc3c3c4nccnc4c4c5ccccc5n(-c5ccc6ccccc6n5)c4c32)cc1. The molecule has 0 atom stereocenters. The van der Waals surface area contributed by atoms with E-state index in [4.69, 9.17) is 15.0 Å². The van der Waals surface area contributed by atoms with Crippen LogP contribution in [0.2, 0.25) is 0 Å². The van der Waals surface area contributed by atoms with Crippen LogP contribution in [0.3, 0.4) is 0 Å². The maximum Gasteiger partial charge on any atom is 0.138 e. The van der Waals surface area contributed by atoms with Crippen LogP contribution in [0.5, 0.6) is 0 Å². The lowest BCUT2D eigenvalue weighted by atomic mass is 10.1. The van der Waals surface area contributed by atoms with E-state index in [0.717, 1.165) is 77.1 Å². The average Bonchev–Trinajstić information content (AvgIpc) is 3.55. The maximum atomic E-state index is 5.18. The molecule has 9 rings (SSSR count). The van der Waals surface area contributed by atoms with Crippen molar-refractivity contribution in [3.05, 3.63) is 128 Å². The molecular formula is C35H21N5. The van der Waals surface area contributed by atoms with Crippen LogP contribution in [0.4, 0.5) is 0 Å². The van der Waals surface area contributed by atoms with E-state index in [9.17, 15) is 0 Å². The van der Waals surface area contributed by atoms with Crippen molar-refractivity contribution in [1.29, 1.82) is 0 Å². The van der Waals surface area contributed by atoms with Gasteiger partial charge in [0.1, 0.15) is 5.82 Å². The fourth-order valence-electron chi connectivity index (χ4n) is 6.37. The Morgan fingerprint density at radius 1 is 0.475 bits per heavy atom. The summed E-state index contributed by atoms with van der Waals surface area (Å²) in [7, 11) is 0. The van der Waals surface area contributed by atoms with Gasteiger partial charge in [0.05, 0.1) is 38.6 Å². The van der Waals surface area contributed by atoms with E-state index < -0.39 is 0 Å². The molecule has 0 saturated heterocycles. The highest BCUT2D eigenvalue weighted by molar-refractivity contribution is 6.34. The minimum Gasteiger partial charge on any atom is -0.307 e. The Balaban J connectivity index is 1.63. The zero-order valence-electron chi connectivity index (χ0n) is 21.4. The number of aromatic nitrogens is 5. The normalized spacial score (nSPS) is 12.0. The van der Waals surface area contributed by atoms with Gasteiger partial charge in [-0.2, -0.15) is 0 Å². The minimum absolute atomic E-state index is 0.874. The van der Waals surface area contributed by atoms with Crippen LogP contribution in [-0.4, -0.2) is 24.1 Å². The maximum absolute atomic E-state index is 5.18. The third kappa shape index (κ3) is 2.78. The third-order valence-electron chi connectivity index (χ3n) is 7.97. The molecule has 5 nitrogen and oxygen atoms in total. The van der Waals surface area contributed by atoms with Gasteiger partial charge in [-0.25, -0.2) is 4.98 Å². The minimum atomic E-state index is 0.874.